The van der Waals surface area contributed by atoms with Gasteiger partial charge in [-0.25, -0.2) is 4.98 Å². The molecule has 0 fully saturated rings. The molecule has 3 aromatic heterocycles. The number of aromatic nitrogens is 6. The average Bonchev–Trinajstić information content (AvgIpc) is 3.03. The van der Waals surface area contributed by atoms with Crippen LogP contribution in [0.15, 0.2) is 35.4 Å². The Hall–Kier alpha value is -2.88. The number of nitrogens with zero attached hydrogens (tertiary/aromatic N) is 6. The highest BCUT2D eigenvalue weighted by Crippen LogP contribution is 2.29. The number of halogens is 1. The Kier molecular flexibility index (Phi) is 4.56. The normalized spacial score (nSPS) is 11.5. The van der Waals surface area contributed by atoms with Crippen molar-refractivity contribution in [1.29, 1.82) is 0 Å². The topological polar surface area (TPSA) is 107 Å². The maximum Gasteiger partial charge on any atom is 0.283 e. The van der Waals surface area contributed by atoms with E-state index in [-0.39, 0.29) is 36.5 Å². The molecule has 3 heterocycles. The van der Waals surface area contributed by atoms with E-state index in [1.54, 1.807) is 19.2 Å². The minimum absolute atomic E-state index is 0.0765. The van der Waals surface area contributed by atoms with Gasteiger partial charge in [-0.3, -0.25) is 9.36 Å². The minimum Gasteiger partial charge on any atom is -0.395 e. The lowest BCUT2D eigenvalue weighted by Crippen LogP contribution is -2.24. The molecule has 0 unspecified atom stereocenters. The van der Waals surface area contributed by atoms with Crippen molar-refractivity contribution in [2.24, 2.45) is 0 Å². The predicted molar refractivity (Wildman–Crippen MR) is 98.6 cm³/mol. The summed E-state index contributed by atoms with van der Waals surface area (Å²) >= 11 is 5.99. The van der Waals surface area contributed by atoms with Crippen LogP contribution >= 0.6 is 11.6 Å². The quantitative estimate of drug-likeness (QED) is 0.550. The molecule has 4 aromatic rings. The molecule has 0 aliphatic carbocycles. The monoisotopic (exact) mass is 386 g/mol. The highest BCUT2D eigenvalue weighted by Gasteiger charge is 2.20. The van der Waals surface area contributed by atoms with Gasteiger partial charge in [0.1, 0.15) is 6.33 Å². The zero-order valence-electron chi connectivity index (χ0n) is 14.3. The summed E-state index contributed by atoms with van der Waals surface area (Å²) in [6.45, 7) is 0.208. The van der Waals surface area contributed by atoms with E-state index >= 15 is 0 Å². The van der Waals surface area contributed by atoms with Crippen molar-refractivity contribution in [2.75, 3.05) is 13.7 Å². The van der Waals surface area contributed by atoms with Gasteiger partial charge in [0.25, 0.3) is 5.56 Å². The average molecular weight is 387 g/mol. The van der Waals surface area contributed by atoms with Gasteiger partial charge < -0.3 is 9.84 Å². The van der Waals surface area contributed by atoms with Crippen molar-refractivity contribution in [2.45, 2.75) is 13.2 Å². The van der Waals surface area contributed by atoms with E-state index in [0.717, 1.165) is 11.1 Å². The van der Waals surface area contributed by atoms with Crippen LogP contribution in [0.5, 0.6) is 0 Å². The molecule has 0 aliphatic heterocycles. The number of rotatable bonds is 5. The molecule has 0 amide bonds. The van der Waals surface area contributed by atoms with Crippen molar-refractivity contribution in [3.8, 4) is 11.1 Å². The van der Waals surface area contributed by atoms with Crippen LogP contribution in [0.4, 0.5) is 0 Å². The first-order valence-electron chi connectivity index (χ1n) is 8.13. The lowest BCUT2D eigenvalue weighted by atomic mass is 10.1. The van der Waals surface area contributed by atoms with Crippen molar-refractivity contribution in [1.82, 2.24) is 29.4 Å². The number of methoxy groups -OCH3 is 1. The maximum absolute atomic E-state index is 12.5. The fourth-order valence-corrected chi connectivity index (χ4v) is 3.05. The van der Waals surface area contributed by atoms with Gasteiger partial charge in [-0.05, 0) is 17.7 Å². The molecule has 0 bridgehead atoms. The Morgan fingerprint density at radius 3 is 2.67 bits per heavy atom. The lowest BCUT2D eigenvalue weighted by Gasteiger charge is -2.05. The minimum atomic E-state index is -0.389. The van der Waals surface area contributed by atoms with Gasteiger partial charge in [-0.1, -0.05) is 23.7 Å². The third kappa shape index (κ3) is 2.95. The first-order chi connectivity index (χ1) is 13.1. The number of hydrogen-bond donors (Lipinski definition) is 1. The second kappa shape index (κ2) is 7.03. The Balaban J connectivity index is 2.02. The van der Waals surface area contributed by atoms with Crippen molar-refractivity contribution < 1.29 is 9.84 Å². The van der Waals surface area contributed by atoms with E-state index in [1.807, 2.05) is 12.1 Å². The number of aliphatic hydroxyl groups is 1. The number of ether oxygens (including phenoxy) is 1. The van der Waals surface area contributed by atoms with Gasteiger partial charge in [-0.15, -0.1) is 10.2 Å². The molecule has 4 rings (SSSR count). The number of fused-ring (bicyclic) bond motifs is 3. The van der Waals surface area contributed by atoms with Gasteiger partial charge in [0.15, 0.2) is 16.8 Å². The summed E-state index contributed by atoms with van der Waals surface area (Å²) in [6, 6.07) is 7.27. The molecule has 1 aromatic carbocycles. The summed E-state index contributed by atoms with van der Waals surface area (Å²) in [7, 11) is 1.57. The largest absolute Gasteiger partial charge is 0.395 e. The molecule has 0 radical (unpaired) electrons. The molecule has 0 saturated carbocycles. The first kappa shape index (κ1) is 17.5. The van der Waals surface area contributed by atoms with Crippen LogP contribution < -0.4 is 5.56 Å². The molecule has 27 heavy (non-hydrogen) atoms. The smallest absolute Gasteiger partial charge is 0.283 e. The van der Waals surface area contributed by atoms with Gasteiger partial charge in [0.2, 0.25) is 0 Å². The fourth-order valence-electron chi connectivity index (χ4n) is 2.92. The van der Waals surface area contributed by atoms with E-state index in [1.165, 1.54) is 15.4 Å². The van der Waals surface area contributed by atoms with Crippen LogP contribution in [0.1, 0.15) is 5.69 Å². The number of benzene rings is 1. The van der Waals surface area contributed by atoms with E-state index in [0.29, 0.717) is 16.4 Å². The van der Waals surface area contributed by atoms with Crippen LogP contribution in [0.25, 0.3) is 27.9 Å². The molecule has 10 heteroatoms. The molecule has 0 aliphatic rings. The van der Waals surface area contributed by atoms with E-state index < -0.39 is 0 Å². The van der Waals surface area contributed by atoms with E-state index in [2.05, 4.69) is 20.3 Å². The van der Waals surface area contributed by atoms with Gasteiger partial charge in [0, 0.05) is 12.1 Å². The summed E-state index contributed by atoms with van der Waals surface area (Å²) in [5.74, 6) is 0. The lowest BCUT2D eigenvalue weighted by molar-refractivity contribution is 0.181. The summed E-state index contributed by atoms with van der Waals surface area (Å²) in [5, 5.41) is 22.5. The summed E-state index contributed by atoms with van der Waals surface area (Å²) in [4.78, 5) is 16.8. The summed E-state index contributed by atoms with van der Waals surface area (Å²) in [6.07, 6.45) is 1.36. The zero-order valence-corrected chi connectivity index (χ0v) is 15.1. The number of hydrogen-bond acceptors (Lipinski definition) is 7. The highest BCUT2D eigenvalue weighted by atomic mass is 35.5. The molecule has 0 atom stereocenters. The van der Waals surface area contributed by atoms with Crippen LogP contribution in [-0.2, 0) is 17.9 Å². The molecular formula is C17H15ClN6O3. The van der Waals surface area contributed by atoms with Crippen molar-refractivity contribution >= 4 is 28.4 Å². The standard InChI is InChI=1S/C17H15ClN6O3/c1-27-8-12-13(10-2-4-11(18)5-3-10)15-21-20-14-16(24(15)22-12)19-9-23(6-7-25)17(14)26/h2-5,9,25H,6-8H2,1H3. The molecule has 1 N–H and O–H groups in total. The van der Waals surface area contributed by atoms with Gasteiger partial charge >= 0.3 is 0 Å². The maximum atomic E-state index is 12.5. The third-order valence-electron chi connectivity index (χ3n) is 4.13. The number of aliphatic hydroxyl groups excluding tert-OH is 1. The van der Waals surface area contributed by atoms with Crippen LogP contribution in [0, 0.1) is 0 Å². The summed E-state index contributed by atoms with van der Waals surface area (Å²) < 4.78 is 8.04. The summed E-state index contributed by atoms with van der Waals surface area (Å²) in [5.41, 5.74) is 2.67. The predicted octanol–water partition coefficient (Wildman–Crippen LogP) is 1.29. The van der Waals surface area contributed by atoms with Gasteiger partial charge in [0.05, 0.1) is 31.0 Å². The highest BCUT2D eigenvalue weighted by molar-refractivity contribution is 6.30. The SMILES string of the molecule is COCc1nn2c(nnc3c(=O)n(CCO)cnc32)c1-c1ccc(Cl)cc1. The fraction of sp³-hybridized carbons (Fsp3) is 0.235. The Morgan fingerprint density at radius 2 is 1.96 bits per heavy atom. The molecule has 0 spiro atoms. The Morgan fingerprint density at radius 1 is 1.19 bits per heavy atom. The molecule has 9 nitrogen and oxygen atoms in total. The second-order valence-electron chi connectivity index (χ2n) is 5.84. The second-order valence-corrected chi connectivity index (χ2v) is 6.27. The zero-order chi connectivity index (χ0) is 19.0. The molecule has 138 valence electrons. The van der Waals surface area contributed by atoms with Gasteiger partial charge in [-0.2, -0.15) is 9.61 Å². The first-order valence-corrected chi connectivity index (χ1v) is 8.51. The molecular weight excluding hydrogens is 372 g/mol. The van der Waals surface area contributed by atoms with Crippen LogP contribution in [-0.4, -0.2) is 48.2 Å². The van der Waals surface area contributed by atoms with Crippen molar-refractivity contribution in [3.05, 3.63) is 51.7 Å². The van der Waals surface area contributed by atoms with E-state index in [9.17, 15) is 4.79 Å². The van der Waals surface area contributed by atoms with Crippen molar-refractivity contribution in [3.63, 3.8) is 0 Å². The van der Waals surface area contributed by atoms with Crippen LogP contribution in [0.2, 0.25) is 5.02 Å². The Labute approximate surface area is 157 Å². The van der Waals surface area contributed by atoms with Crippen LogP contribution in [0.3, 0.4) is 0 Å². The Bertz CT molecular complexity index is 1190. The molecule has 0 saturated heterocycles. The third-order valence-corrected chi connectivity index (χ3v) is 4.38. The van der Waals surface area contributed by atoms with E-state index in [4.69, 9.17) is 21.4 Å².